The van der Waals surface area contributed by atoms with E-state index in [1.807, 2.05) is 31.2 Å². The number of ether oxygens (including phenoxy) is 1. The first-order chi connectivity index (χ1) is 14.7. The first-order valence-corrected chi connectivity index (χ1v) is 9.74. The Bertz CT molecular complexity index is 1180. The standard InChI is InChI=1S/C20H21N9O/c1-14-18(25-26-20-22-13-23-29(14)20)15-7-8-21-19(24-15)28-11-9-27(10-12-28)16-5-3-4-6-17(16)30-2/h3-8,13H,9-12H2,1-2H3. The predicted octanol–water partition coefficient (Wildman–Crippen LogP) is 1.62. The molecule has 152 valence electrons. The molecule has 1 aromatic carbocycles. The zero-order valence-corrected chi connectivity index (χ0v) is 16.8. The molecule has 30 heavy (non-hydrogen) atoms. The quantitative estimate of drug-likeness (QED) is 0.503. The van der Waals surface area contributed by atoms with Crippen LogP contribution in [0.5, 0.6) is 5.75 Å². The highest BCUT2D eigenvalue weighted by Crippen LogP contribution is 2.29. The second-order valence-electron chi connectivity index (χ2n) is 6.99. The average molecular weight is 403 g/mol. The summed E-state index contributed by atoms with van der Waals surface area (Å²) in [6, 6.07) is 9.94. The van der Waals surface area contributed by atoms with Gasteiger partial charge < -0.3 is 14.5 Å². The van der Waals surface area contributed by atoms with Gasteiger partial charge in [0, 0.05) is 32.4 Å². The Labute approximate surface area is 173 Å². The predicted molar refractivity (Wildman–Crippen MR) is 112 cm³/mol. The highest BCUT2D eigenvalue weighted by molar-refractivity contribution is 5.60. The number of hydrogen-bond acceptors (Lipinski definition) is 9. The number of benzene rings is 1. The topological polar surface area (TPSA) is 97.5 Å². The Hall–Kier alpha value is -3.82. The zero-order valence-electron chi connectivity index (χ0n) is 16.8. The van der Waals surface area contributed by atoms with Crippen LogP contribution in [-0.2, 0) is 0 Å². The van der Waals surface area contributed by atoms with Crippen molar-refractivity contribution in [2.24, 2.45) is 0 Å². The third-order valence-electron chi connectivity index (χ3n) is 5.30. The van der Waals surface area contributed by atoms with Crippen LogP contribution in [0, 0.1) is 6.92 Å². The summed E-state index contributed by atoms with van der Waals surface area (Å²) in [7, 11) is 1.70. The lowest BCUT2D eigenvalue weighted by Gasteiger charge is -2.36. The molecule has 0 N–H and O–H groups in total. The number of anilines is 2. The van der Waals surface area contributed by atoms with E-state index in [9.17, 15) is 0 Å². The van der Waals surface area contributed by atoms with Gasteiger partial charge in [0.05, 0.1) is 24.2 Å². The van der Waals surface area contributed by atoms with Gasteiger partial charge in [-0.3, -0.25) is 0 Å². The maximum absolute atomic E-state index is 5.51. The molecule has 0 bridgehead atoms. The summed E-state index contributed by atoms with van der Waals surface area (Å²) >= 11 is 0. The van der Waals surface area contributed by atoms with Crippen LogP contribution in [-0.4, -0.2) is 68.1 Å². The maximum Gasteiger partial charge on any atom is 0.271 e. The van der Waals surface area contributed by atoms with E-state index >= 15 is 0 Å². The number of para-hydroxylation sites is 2. The molecule has 0 unspecified atom stereocenters. The van der Waals surface area contributed by atoms with E-state index in [-0.39, 0.29) is 0 Å². The molecule has 1 aliphatic rings. The minimum atomic E-state index is 0.470. The van der Waals surface area contributed by atoms with Crippen molar-refractivity contribution in [3.05, 3.63) is 48.5 Å². The van der Waals surface area contributed by atoms with E-state index in [1.165, 1.54) is 6.33 Å². The van der Waals surface area contributed by atoms with E-state index in [0.29, 0.717) is 17.4 Å². The van der Waals surface area contributed by atoms with Crippen molar-refractivity contribution in [1.82, 2.24) is 34.8 Å². The van der Waals surface area contributed by atoms with E-state index < -0.39 is 0 Å². The monoisotopic (exact) mass is 403 g/mol. The van der Waals surface area contributed by atoms with Crippen molar-refractivity contribution in [3.63, 3.8) is 0 Å². The van der Waals surface area contributed by atoms with Crippen molar-refractivity contribution < 1.29 is 4.74 Å². The summed E-state index contributed by atoms with van der Waals surface area (Å²) in [5, 5.41) is 12.6. The molecule has 4 heterocycles. The lowest BCUT2D eigenvalue weighted by atomic mass is 10.2. The Kier molecular flexibility index (Phi) is 4.58. The molecular formula is C20H21N9O. The number of hydrogen-bond donors (Lipinski definition) is 0. The minimum Gasteiger partial charge on any atom is -0.495 e. The number of aryl methyl sites for hydroxylation is 1. The average Bonchev–Trinajstić information content (AvgIpc) is 3.29. The molecule has 10 nitrogen and oxygen atoms in total. The van der Waals surface area contributed by atoms with Gasteiger partial charge in [0.25, 0.3) is 5.78 Å². The van der Waals surface area contributed by atoms with Gasteiger partial charge in [-0.05, 0) is 25.1 Å². The molecule has 0 saturated carbocycles. The summed E-state index contributed by atoms with van der Waals surface area (Å²) in [6.07, 6.45) is 3.23. The maximum atomic E-state index is 5.51. The van der Waals surface area contributed by atoms with Crippen LogP contribution in [0.4, 0.5) is 11.6 Å². The second-order valence-corrected chi connectivity index (χ2v) is 6.99. The first kappa shape index (κ1) is 18.2. The molecule has 0 atom stereocenters. The van der Waals surface area contributed by atoms with Gasteiger partial charge in [0.2, 0.25) is 5.95 Å². The fourth-order valence-electron chi connectivity index (χ4n) is 3.72. The molecule has 1 saturated heterocycles. The Morgan fingerprint density at radius 1 is 0.933 bits per heavy atom. The molecule has 4 aromatic rings. The van der Waals surface area contributed by atoms with E-state index in [0.717, 1.165) is 49.0 Å². The summed E-state index contributed by atoms with van der Waals surface area (Å²) in [5.41, 5.74) is 3.34. The third-order valence-corrected chi connectivity index (χ3v) is 5.30. The number of fused-ring (bicyclic) bond motifs is 1. The number of piperazine rings is 1. The highest BCUT2D eigenvalue weighted by Gasteiger charge is 2.22. The van der Waals surface area contributed by atoms with Crippen LogP contribution in [0.1, 0.15) is 5.69 Å². The minimum absolute atomic E-state index is 0.470. The largest absolute Gasteiger partial charge is 0.495 e. The second kappa shape index (κ2) is 7.54. The van der Waals surface area contributed by atoms with Crippen molar-refractivity contribution in [2.75, 3.05) is 43.1 Å². The molecular weight excluding hydrogens is 382 g/mol. The Balaban J connectivity index is 1.37. The lowest BCUT2D eigenvalue weighted by molar-refractivity contribution is 0.413. The molecule has 1 fully saturated rings. The van der Waals surface area contributed by atoms with E-state index in [4.69, 9.17) is 9.72 Å². The van der Waals surface area contributed by atoms with Crippen LogP contribution in [0.3, 0.4) is 0 Å². The first-order valence-electron chi connectivity index (χ1n) is 9.74. The van der Waals surface area contributed by atoms with E-state index in [2.05, 4.69) is 41.1 Å². The third kappa shape index (κ3) is 3.15. The van der Waals surface area contributed by atoms with E-state index in [1.54, 1.807) is 17.8 Å². The van der Waals surface area contributed by atoms with Crippen LogP contribution in [0.15, 0.2) is 42.9 Å². The highest BCUT2D eigenvalue weighted by atomic mass is 16.5. The zero-order chi connectivity index (χ0) is 20.5. The van der Waals surface area contributed by atoms with Gasteiger partial charge in [0.15, 0.2) is 0 Å². The molecule has 5 rings (SSSR count). The van der Waals surface area contributed by atoms with Gasteiger partial charge in [0.1, 0.15) is 17.8 Å². The molecule has 0 amide bonds. The number of rotatable bonds is 4. The molecule has 0 spiro atoms. The molecule has 3 aromatic heterocycles. The van der Waals surface area contributed by atoms with Crippen LogP contribution >= 0.6 is 0 Å². The SMILES string of the molecule is COc1ccccc1N1CCN(c2nccc(-c3nnc4ncnn4c3C)n2)CC1. The number of nitrogens with zero attached hydrogens (tertiary/aromatic N) is 9. The van der Waals surface area contributed by atoms with Gasteiger partial charge in [-0.2, -0.15) is 14.6 Å². The van der Waals surface area contributed by atoms with Crippen LogP contribution < -0.4 is 14.5 Å². The lowest BCUT2D eigenvalue weighted by Crippen LogP contribution is -2.47. The fourth-order valence-corrected chi connectivity index (χ4v) is 3.72. The van der Waals surface area contributed by atoms with Crippen LogP contribution in [0.2, 0.25) is 0 Å². The van der Waals surface area contributed by atoms with Crippen LogP contribution in [0.25, 0.3) is 17.2 Å². The molecule has 1 aliphatic heterocycles. The van der Waals surface area contributed by atoms with Gasteiger partial charge in [-0.1, -0.05) is 12.1 Å². The van der Waals surface area contributed by atoms with Gasteiger partial charge in [-0.15, -0.1) is 10.2 Å². The van der Waals surface area contributed by atoms with Crippen molar-refractivity contribution >= 4 is 17.4 Å². The smallest absolute Gasteiger partial charge is 0.271 e. The van der Waals surface area contributed by atoms with Crippen molar-refractivity contribution in [3.8, 4) is 17.1 Å². The summed E-state index contributed by atoms with van der Waals surface area (Å²) in [4.78, 5) is 17.8. The van der Waals surface area contributed by atoms with Crippen molar-refractivity contribution in [1.29, 1.82) is 0 Å². The van der Waals surface area contributed by atoms with Gasteiger partial charge >= 0.3 is 0 Å². The molecule has 0 radical (unpaired) electrons. The summed E-state index contributed by atoms with van der Waals surface area (Å²) in [5.74, 6) is 2.05. The number of aromatic nitrogens is 7. The normalized spacial score (nSPS) is 14.3. The number of methoxy groups -OCH3 is 1. The summed E-state index contributed by atoms with van der Waals surface area (Å²) < 4.78 is 7.17. The summed E-state index contributed by atoms with van der Waals surface area (Å²) in [6.45, 7) is 5.28. The molecule has 10 heteroatoms. The van der Waals surface area contributed by atoms with Gasteiger partial charge in [-0.25, -0.2) is 9.97 Å². The fraction of sp³-hybridized carbons (Fsp3) is 0.300. The Morgan fingerprint density at radius 3 is 2.57 bits per heavy atom. The Morgan fingerprint density at radius 2 is 1.73 bits per heavy atom. The molecule has 0 aliphatic carbocycles. The van der Waals surface area contributed by atoms with Crippen molar-refractivity contribution in [2.45, 2.75) is 6.92 Å².